The minimum atomic E-state index is -3.26. The van der Waals surface area contributed by atoms with Gasteiger partial charge in [-0.25, -0.2) is 8.42 Å². The van der Waals surface area contributed by atoms with Crippen LogP contribution in [0.25, 0.3) is 0 Å². The van der Waals surface area contributed by atoms with Gasteiger partial charge in [-0.15, -0.1) is 0 Å². The Bertz CT molecular complexity index is 816. The summed E-state index contributed by atoms with van der Waals surface area (Å²) in [6, 6.07) is 10.7. The lowest BCUT2D eigenvalue weighted by Crippen LogP contribution is -2.13. The summed E-state index contributed by atoms with van der Waals surface area (Å²) in [7, 11) is -1.81. The van der Waals surface area contributed by atoms with E-state index in [1.54, 1.807) is 37.3 Å². The van der Waals surface area contributed by atoms with Gasteiger partial charge in [0.05, 0.1) is 23.3 Å². The first-order valence-corrected chi connectivity index (χ1v) is 8.88. The molecular formula is C16H16ClNO4S. The van der Waals surface area contributed by atoms with Crippen molar-refractivity contribution in [2.24, 2.45) is 0 Å². The Morgan fingerprint density at radius 3 is 2.39 bits per heavy atom. The van der Waals surface area contributed by atoms with Crippen molar-refractivity contribution in [1.82, 2.24) is 0 Å². The Hall–Kier alpha value is -2.05. The van der Waals surface area contributed by atoms with E-state index in [4.69, 9.17) is 16.3 Å². The number of carbonyl (C=O) groups is 1. The summed E-state index contributed by atoms with van der Waals surface area (Å²) >= 11 is 5.87. The van der Waals surface area contributed by atoms with Crippen LogP contribution in [0.2, 0.25) is 5.02 Å². The number of ether oxygens (including phenoxy) is 1. The number of methoxy groups -OCH3 is 1. The Kier molecular flexibility index (Phi) is 5.28. The molecule has 0 fully saturated rings. The zero-order valence-corrected chi connectivity index (χ0v) is 14.2. The van der Waals surface area contributed by atoms with Gasteiger partial charge >= 0.3 is 0 Å². The van der Waals surface area contributed by atoms with Gasteiger partial charge in [0.2, 0.25) is 0 Å². The van der Waals surface area contributed by atoms with Crippen LogP contribution in [0.1, 0.15) is 17.3 Å². The fourth-order valence-electron chi connectivity index (χ4n) is 1.96. The lowest BCUT2D eigenvalue weighted by atomic mass is 10.2. The van der Waals surface area contributed by atoms with Crippen LogP contribution in [0, 0.1) is 0 Å². The quantitative estimate of drug-likeness (QED) is 0.894. The first-order chi connectivity index (χ1) is 10.9. The highest BCUT2D eigenvalue weighted by Crippen LogP contribution is 2.24. The summed E-state index contributed by atoms with van der Waals surface area (Å²) in [6.45, 7) is 1.58. The number of anilines is 1. The predicted molar refractivity (Wildman–Crippen MR) is 90.1 cm³/mol. The lowest BCUT2D eigenvalue weighted by Gasteiger charge is -2.10. The van der Waals surface area contributed by atoms with Gasteiger partial charge in [0.15, 0.2) is 9.84 Å². The molecule has 0 aliphatic heterocycles. The van der Waals surface area contributed by atoms with Crippen molar-refractivity contribution in [2.45, 2.75) is 11.8 Å². The van der Waals surface area contributed by atoms with Crippen LogP contribution in [0.4, 0.5) is 5.69 Å². The highest BCUT2D eigenvalue weighted by atomic mass is 35.5. The minimum absolute atomic E-state index is 0.0285. The standard InChI is InChI=1S/C16H16ClNO4S/c1-3-23(20,21)13-7-5-12(6-8-13)18-16(19)14-9-4-11(17)10-15(14)22-2/h4-10H,3H2,1-2H3,(H,18,19). The number of hydrogen-bond donors (Lipinski definition) is 1. The van der Waals surface area contributed by atoms with Gasteiger partial charge in [-0.1, -0.05) is 18.5 Å². The molecule has 0 radical (unpaired) electrons. The van der Waals surface area contributed by atoms with Gasteiger partial charge in [-0.05, 0) is 42.5 Å². The summed E-state index contributed by atoms with van der Waals surface area (Å²) in [6.07, 6.45) is 0. The van der Waals surface area contributed by atoms with Crippen LogP contribution in [-0.4, -0.2) is 27.2 Å². The van der Waals surface area contributed by atoms with Crippen molar-refractivity contribution in [2.75, 3.05) is 18.2 Å². The monoisotopic (exact) mass is 353 g/mol. The molecular weight excluding hydrogens is 338 g/mol. The first kappa shape index (κ1) is 17.3. The SMILES string of the molecule is CCS(=O)(=O)c1ccc(NC(=O)c2ccc(Cl)cc2OC)cc1. The van der Waals surface area contributed by atoms with E-state index in [2.05, 4.69) is 5.32 Å². The molecule has 0 saturated heterocycles. The largest absolute Gasteiger partial charge is 0.496 e. The van der Waals surface area contributed by atoms with E-state index in [1.807, 2.05) is 0 Å². The normalized spacial score (nSPS) is 11.1. The van der Waals surface area contributed by atoms with E-state index in [0.717, 1.165) is 0 Å². The van der Waals surface area contributed by atoms with Crippen LogP contribution in [-0.2, 0) is 9.84 Å². The first-order valence-electron chi connectivity index (χ1n) is 6.85. The van der Waals surface area contributed by atoms with E-state index in [1.165, 1.54) is 19.2 Å². The van der Waals surface area contributed by atoms with Gasteiger partial charge in [0, 0.05) is 10.7 Å². The number of benzene rings is 2. The second-order valence-corrected chi connectivity index (χ2v) is 7.44. The van der Waals surface area contributed by atoms with Gasteiger partial charge in [-0.2, -0.15) is 0 Å². The summed E-state index contributed by atoms with van der Waals surface area (Å²) in [5.74, 6) is 0.0190. The average molecular weight is 354 g/mol. The van der Waals surface area contributed by atoms with Crippen LogP contribution < -0.4 is 10.1 Å². The van der Waals surface area contributed by atoms with Crippen LogP contribution >= 0.6 is 11.6 Å². The summed E-state index contributed by atoms with van der Waals surface area (Å²) in [5.41, 5.74) is 0.823. The molecule has 1 N–H and O–H groups in total. The summed E-state index contributed by atoms with van der Waals surface area (Å²) in [5, 5.41) is 3.16. The predicted octanol–water partition coefficient (Wildman–Crippen LogP) is 3.39. The number of carbonyl (C=O) groups excluding carboxylic acids is 1. The average Bonchev–Trinajstić information content (AvgIpc) is 2.55. The molecule has 23 heavy (non-hydrogen) atoms. The molecule has 122 valence electrons. The molecule has 2 aromatic carbocycles. The number of hydrogen-bond acceptors (Lipinski definition) is 4. The number of sulfone groups is 1. The fourth-order valence-corrected chi connectivity index (χ4v) is 3.01. The Labute approximate surface area is 140 Å². The number of rotatable bonds is 5. The fraction of sp³-hybridized carbons (Fsp3) is 0.188. The molecule has 0 aliphatic carbocycles. The molecule has 0 spiro atoms. The third-order valence-electron chi connectivity index (χ3n) is 3.26. The molecule has 0 aromatic heterocycles. The van der Waals surface area contributed by atoms with Crippen molar-refractivity contribution in [3.05, 3.63) is 53.1 Å². The smallest absolute Gasteiger partial charge is 0.259 e. The molecule has 0 saturated carbocycles. The third-order valence-corrected chi connectivity index (χ3v) is 5.25. The molecule has 0 bridgehead atoms. The molecule has 0 atom stereocenters. The second-order valence-electron chi connectivity index (χ2n) is 4.73. The van der Waals surface area contributed by atoms with Gasteiger partial charge in [0.1, 0.15) is 5.75 Å². The Balaban J connectivity index is 2.21. The Morgan fingerprint density at radius 1 is 1.17 bits per heavy atom. The maximum atomic E-state index is 12.3. The topological polar surface area (TPSA) is 72.5 Å². The second kappa shape index (κ2) is 7.02. The van der Waals surface area contributed by atoms with E-state index in [0.29, 0.717) is 22.0 Å². The van der Waals surface area contributed by atoms with Crippen molar-refractivity contribution in [1.29, 1.82) is 0 Å². The van der Waals surface area contributed by atoms with Crippen molar-refractivity contribution in [3.8, 4) is 5.75 Å². The van der Waals surface area contributed by atoms with E-state index in [-0.39, 0.29) is 16.6 Å². The molecule has 1 amide bonds. The molecule has 0 unspecified atom stereocenters. The van der Waals surface area contributed by atoms with Gasteiger partial charge in [-0.3, -0.25) is 4.79 Å². The highest BCUT2D eigenvalue weighted by Gasteiger charge is 2.14. The van der Waals surface area contributed by atoms with Crippen molar-refractivity contribution >= 4 is 33.0 Å². The van der Waals surface area contributed by atoms with Crippen molar-refractivity contribution < 1.29 is 17.9 Å². The maximum Gasteiger partial charge on any atom is 0.259 e. The van der Waals surface area contributed by atoms with E-state index in [9.17, 15) is 13.2 Å². The lowest BCUT2D eigenvalue weighted by molar-refractivity contribution is 0.102. The zero-order chi connectivity index (χ0) is 17.0. The third kappa shape index (κ3) is 4.03. The molecule has 0 heterocycles. The summed E-state index contributed by atoms with van der Waals surface area (Å²) < 4.78 is 28.6. The number of nitrogens with one attached hydrogen (secondary N) is 1. The molecule has 5 nitrogen and oxygen atoms in total. The number of halogens is 1. The molecule has 2 rings (SSSR count). The van der Waals surface area contributed by atoms with Crippen LogP contribution in [0.15, 0.2) is 47.4 Å². The highest BCUT2D eigenvalue weighted by molar-refractivity contribution is 7.91. The summed E-state index contributed by atoms with van der Waals surface area (Å²) in [4.78, 5) is 12.5. The number of amides is 1. The molecule has 7 heteroatoms. The van der Waals surface area contributed by atoms with Gasteiger partial charge < -0.3 is 10.1 Å². The van der Waals surface area contributed by atoms with Gasteiger partial charge in [0.25, 0.3) is 5.91 Å². The Morgan fingerprint density at radius 2 is 1.83 bits per heavy atom. The minimum Gasteiger partial charge on any atom is -0.496 e. The van der Waals surface area contributed by atoms with Crippen LogP contribution in [0.5, 0.6) is 5.75 Å². The maximum absolute atomic E-state index is 12.3. The van der Waals surface area contributed by atoms with Crippen molar-refractivity contribution in [3.63, 3.8) is 0 Å². The van der Waals surface area contributed by atoms with E-state index < -0.39 is 9.84 Å². The van der Waals surface area contributed by atoms with Crippen LogP contribution in [0.3, 0.4) is 0 Å². The zero-order valence-electron chi connectivity index (χ0n) is 12.7. The molecule has 0 aliphatic rings. The molecule has 2 aromatic rings. The van der Waals surface area contributed by atoms with E-state index >= 15 is 0 Å².